The molecule has 0 saturated heterocycles. The number of aliphatic hydroxyl groups is 1. The van der Waals surface area contributed by atoms with Crippen LogP contribution in [0.25, 0.3) is 0 Å². The third-order valence-electron chi connectivity index (χ3n) is 2.38. The van der Waals surface area contributed by atoms with Gasteiger partial charge in [0.05, 0.1) is 6.61 Å². The van der Waals surface area contributed by atoms with Crippen LogP contribution in [0.3, 0.4) is 0 Å². The first-order valence-electron chi connectivity index (χ1n) is 6.04. The molecule has 2 rings (SSSR count). The molecule has 6 nitrogen and oxygen atoms in total. The summed E-state index contributed by atoms with van der Waals surface area (Å²) in [6, 6.07) is 6.41. The molecule has 110 valence electrons. The molecule has 0 aliphatic carbocycles. The quantitative estimate of drug-likeness (QED) is 0.829. The number of anilines is 1. The third-order valence-corrected chi connectivity index (χ3v) is 4.66. The molecule has 0 saturated carbocycles. The van der Waals surface area contributed by atoms with Crippen LogP contribution in [-0.2, 0) is 10.0 Å². The maximum Gasteiger partial charge on any atom is 0.264 e. The number of aryl methyl sites for hydroxylation is 1. The van der Waals surface area contributed by atoms with Crippen molar-refractivity contribution >= 4 is 26.5 Å². The Bertz CT molecular complexity index is 788. The summed E-state index contributed by atoms with van der Waals surface area (Å²) in [6.45, 7) is 1.67. The lowest BCUT2D eigenvalue weighted by Crippen LogP contribution is -2.14. The maximum atomic E-state index is 12.4. The van der Waals surface area contributed by atoms with Crippen molar-refractivity contribution < 1.29 is 13.5 Å². The van der Waals surface area contributed by atoms with E-state index in [1.807, 2.05) is 0 Å². The molecule has 0 atom stereocenters. The number of nitrogens with one attached hydrogen (secondary N) is 1. The molecular formula is C13H13N3O3S2. The fourth-order valence-corrected chi connectivity index (χ4v) is 3.51. The topological polar surface area (TPSA) is 92.2 Å². The van der Waals surface area contributed by atoms with Crippen molar-refractivity contribution in [2.45, 2.75) is 18.2 Å². The molecule has 2 aromatic rings. The van der Waals surface area contributed by atoms with Crippen LogP contribution >= 0.6 is 11.3 Å². The molecule has 8 heteroatoms. The molecule has 0 unspecified atom stereocenters. The predicted octanol–water partition coefficient (Wildman–Crippen LogP) is 1.38. The van der Waals surface area contributed by atoms with Gasteiger partial charge in [0.15, 0.2) is 0 Å². The van der Waals surface area contributed by atoms with Gasteiger partial charge in [0, 0.05) is 12.0 Å². The van der Waals surface area contributed by atoms with Crippen LogP contribution < -0.4 is 4.72 Å². The average Bonchev–Trinajstić information content (AvgIpc) is 2.84. The fourth-order valence-electron chi connectivity index (χ4n) is 1.53. The second-order valence-electron chi connectivity index (χ2n) is 4.00. The number of sulfonamides is 1. The number of benzene rings is 1. The highest BCUT2D eigenvalue weighted by atomic mass is 32.2. The number of aromatic nitrogens is 2. The van der Waals surface area contributed by atoms with Crippen LogP contribution in [0, 0.1) is 18.8 Å². The van der Waals surface area contributed by atoms with Crippen LogP contribution in [-0.4, -0.2) is 30.3 Å². The van der Waals surface area contributed by atoms with Gasteiger partial charge in [-0.25, -0.2) is 8.42 Å². The molecule has 0 radical (unpaired) electrons. The lowest BCUT2D eigenvalue weighted by Gasteiger charge is -2.06. The minimum absolute atomic E-state index is 0.0652. The molecular weight excluding hydrogens is 310 g/mol. The largest absolute Gasteiger partial charge is 0.395 e. The predicted molar refractivity (Wildman–Crippen MR) is 80.5 cm³/mol. The van der Waals surface area contributed by atoms with Gasteiger partial charge in [-0.3, -0.25) is 4.72 Å². The summed E-state index contributed by atoms with van der Waals surface area (Å²) in [6.07, 6.45) is 0.289. The molecule has 1 heterocycles. The zero-order chi connectivity index (χ0) is 15.3. The highest BCUT2D eigenvalue weighted by Crippen LogP contribution is 2.21. The van der Waals surface area contributed by atoms with E-state index < -0.39 is 10.0 Å². The Morgan fingerprint density at radius 2 is 2.10 bits per heavy atom. The monoisotopic (exact) mass is 323 g/mol. The van der Waals surface area contributed by atoms with Crippen molar-refractivity contribution in [3.63, 3.8) is 0 Å². The second-order valence-corrected chi connectivity index (χ2v) is 6.84. The Hall–Kier alpha value is -1.95. The second kappa shape index (κ2) is 6.67. The lowest BCUT2D eigenvalue weighted by molar-refractivity contribution is 0.305. The van der Waals surface area contributed by atoms with Crippen molar-refractivity contribution in [2.24, 2.45) is 0 Å². The summed E-state index contributed by atoms with van der Waals surface area (Å²) in [5.74, 6) is 5.46. The highest BCUT2D eigenvalue weighted by Gasteiger charge is 2.19. The number of nitrogens with zero attached hydrogens (tertiary/aromatic N) is 2. The zero-order valence-corrected chi connectivity index (χ0v) is 12.8. The van der Waals surface area contributed by atoms with E-state index in [1.54, 1.807) is 25.1 Å². The summed E-state index contributed by atoms with van der Waals surface area (Å²) in [5.41, 5.74) is 0.375. The van der Waals surface area contributed by atoms with E-state index in [9.17, 15) is 8.42 Å². The Morgan fingerprint density at radius 3 is 2.76 bits per heavy atom. The smallest absolute Gasteiger partial charge is 0.264 e. The number of aliphatic hydroxyl groups excluding tert-OH is 1. The maximum absolute atomic E-state index is 12.4. The van der Waals surface area contributed by atoms with E-state index in [4.69, 9.17) is 5.11 Å². The van der Waals surface area contributed by atoms with Crippen molar-refractivity contribution in [2.75, 3.05) is 11.3 Å². The molecule has 0 aliphatic rings. The van der Waals surface area contributed by atoms with Gasteiger partial charge < -0.3 is 5.11 Å². The average molecular weight is 323 g/mol. The summed E-state index contributed by atoms with van der Waals surface area (Å²) in [4.78, 5) is 0.0725. The van der Waals surface area contributed by atoms with E-state index in [1.165, 1.54) is 6.07 Å². The van der Waals surface area contributed by atoms with Gasteiger partial charge >= 0.3 is 0 Å². The first-order valence-corrected chi connectivity index (χ1v) is 8.34. The van der Waals surface area contributed by atoms with Crippen LogP contribution in [0.2, 0.25) is 0 Å². The molecule has 21 heavy (non-hydrogen) atoms. The molecule has 2 N–H and O–H groups in total. The van der Waals surface area contributed by atoms with Gasteiger partial charge in [0.2, 0.25) is 5.13 Å². The SMILES string of the molecule is Cc1nnc(NS(=O)(=O)c2ccccc2C#CCCO)s1. The van der Waals surface area contributed by atoms with Gasteiger partial charge in [-0.05, 0) is 19.1 Å². The Labute approximate surface area is 126 Å². The Balaban J connectivity index is 2.34. The van der Waals surface area contributed by atoms with Crippen LogP contribution in [0.5, 0.6) is 0 Å². The van der Waals surface area contributed by atoms with Gasteiger partial charge in [0.1, 0.15) is 9.90 Å². The Kier molecular flexibility index (Phi) is 4.90. The van der Waals surface area contributed by atoms with E-state index in [2.05, 4.69) is 26.8 Å². The summed E-state index contributed by atoms with van der Waals surface area (Å²) in [5, 5.41) is 17.1. The standard InChI is InChI=1S/C13H13N3O3S2/c1-10-14-15-13(20-10)16-21(18,19)12-8-3-2-6-11(12)7-4-5-9-17/h2-3,6,8,17H,5,9H2,1H3,(H,15,16). The first kappa shape index (κ1) is 15.4. The minimum Gasteiger partial charge on any atom is -0.395 e. The third kappa shape index (κ3) is 4.01. The van der Waals surface area contributed by atoms with E-state index in [-0.39, 0.29) is 23.1 Å². The number of hydrogen-bond acceptors (Lipinski definition) is 6. The van der Waals surface area contributed by atoms with Gasteiger partial charge in [-0.2, -0.15) is 0 Å². The fraction of sp³-hybridized carbons (Fsp3) is 0.231. The van der Waals surface area contributed by atoms with Crippen LogP contribution in [0.4, 0.5) is 5.13 Å². The number of rotatable bonds is 4. The van der Waals surface area contributed by atoms with Crippen molar-refractivity contribution in [1.29, 1.82) is 0 Å². The minimum atomic E-state index is -3.77. The molecule has 0 amide bonds. The molecule has 0 fully saturated rings. The van der Waals surface area contributed by atoms with Gasteiger partial charge in [-0.1, -0.05) is 35.3 Å². The molecule has 0 bridgehead atoms. The molecule has 0 aliphatic heterocycles. The van der Waals surface area contributed by atoms with Gasteiger partial charge in [0.25, 0.3) is 10.0 Å². The normalized spacial score (nSPS) is 10.8. The van der Waals surface area contributed by atoms with Crippen LogP contribution in [0.15, 0.2) is 29.2 Å². The molecule has 0 spiro atoms. The van der Waals surface area contributed by atoms with E-state index in [0.29, 0.717) is 10.6 Å². The first-order chi connectivity index (χ1) is 10.0. The van der Waals surface area contributed by atoms with Crippen molar-refractivity contribution in [3.8, 4) is 11.8 Å². The zero-order valence-electron chi connectivity index (χ0n) is 11.2. The van der Waals surface area contributed by atoms with Crippen molar-refractivity contribution in [3.05, 3.63) is 34.8 Å². The van der Waals surface area contributed by atoms with E-state index >= 15 is 0 Å². The molecule has 1 aromatic heterocycles. The van der Waals surface area contributed by atoms with Crippen LogP contribution in [0.1, 0.15) is 17.0 Å². The van der Waals surface area contributed by atoms with Crippen molar-refractivity contribution in [1.82, 2.24) is 10.2 Å². The molecule has 1 aromatic carbocycles. The van der Waals surface area contributed by atoms with E-state index in [0.717, 1.165) is 11.3 Å². The number of hydrogen-bond donors (Lipinski definition) is 2. The summed E-state index contributed by atoms with van der Waals surface area (Å²) < 4.78 is 27.1. The summed E-state index contributed by atoms with van der Waals surface area (Å²) in [7, 11) is -3.77. The highest BCUT2D eigenvalue weighted by molar-refractivity contribution is 7.93. The van der Waals surface area contributed by atoms with Gasteiger partial charge in [-0.15, -0.1) is 10.2 Å². The Morgan fingerprint density at radius 1 is 1.33 bits per heavy atom. The summed E-state index contributed by atoms with van der Waals surface area (Å²) >= 11 is 1.16. The lowest BCUT2D eigenvalue weighted by atomic mass is 10.2.